The van der Waals surface area contributed by atoms with Gasteiger partial charge in [-0.2, -0.15) is 0 Å². The first-order chi connectivity index (χ1) is 11.8. The summed E-state index contributed by atoms with van der Waals surface area (Å²) in [6.07, 6.45) is 3.17. The van der Waals surface area contributed by atoms with Gasteiger partial charge in [-0.3, -0.25) is 9.80 Å². The van der Waals surface area contributed by atoms with Gasteiger partial charge in [0.15, 0.2) is 0 Å². The third-order valence-corrected chi connectivity index (χ3v) is 4.05. The largest absolute Gasteiger partial charge is 0.482 e. The van der Waals surface area contributed by atoms with E-state index in [4.69, 9.17) is 4.74 Å². The van der Waals surface area contributed by atoms with E-state index in [1.54, 1.807) is 11.1 Å². The molecule has 1 heterocycles. The Labute approximate surface area is 142 Å². The van der Waals surface area contributed by atoms with Crippen molar-refractivity contribution >= 4 is 5.91 Å². The van der Waals surface area contributed by atoms with Crippen LogP contribution in [0.4, 0.5) is 0 Å². The predicted octanol–water partition coefficient (Wildman–Crippen LogP) is 3.62. The van der Waals surface area contributed by atoms with Crippen LogP contribution in [0.15, 0.2) is 67.3 Å². The minimum absolute atomic E-state index is 0.165. The van der Waals surface area contributed by atoms with Crippen molar-refractivity contribution in [3.8, 4) is 5.75 Å². The van der Waals surface area contributed by atoms with Crippen molar-refractivity contribution in [2.45, 2.75) is 25.5 Å². The van der Waals surface area contributed by atoms with Crippen molar-refractivity contribution in [1.29, 1.82) is 0 Å². The minimum atomic E-state index is -0.186. The highest BCUT2D eigenvalue weighted by molar-refractivity contribution is 5.77. The van der Waals surface area contributed by atoms with Crippen molar-refractivity contribution in [2.75, 3.05) is 6.54 Å². The molecule has 2 aromatic carbocycles. The zero-order valence-corrected chi connectivity index (χ0v) is 13.7. The monoisotopic (exact) mass is 322 g/mol. The Bertz CT molecular complexity index is 700. The fourth-order valence-corrected chi connectivity index (χ4v) is 2.77. The summed E-state index contributed by atoms with van der Waals surface area (Å²) in [5, 5.41) is 1.70. The van der Waals surface area contributed by atoms with Gasteiger partial charge in [-0.25, -0.2) is 5.43 Å². The quantitative estimate of drug-likeness (QED) is 0.792. The first kappa shape index (κ1) is 16.3. The number of rotatable bonds is 7. The number of ether oxygens (including phenoxy) is 1. The molecule has 1 unspecified atom stereocenters. The van der Waals surface area contributed by atoms with Crippen LogP contribution in [0.5, 0.6) is 5.75 Å². The highest BCUT2D eigenvalue weighted by Crippen LogP contribution is 2.23. The second-order valence-electron chi connectivity index (χ2n) is 5.82. The van der Waals surface area contributed by atoms with Gasteiger partial charge in [0.05, 0.1) is 0 Å². The fraction of sp³-hybridized carbons (Fsp3) is 0.250. The Morgan fingerprint density at radius 1 is 1.21 bits per heavy atom. The van der Waals surface area contributed by atoms with Crippen LogP contribution in [0, 0.1) is 0 Å². The number of carbonyl (C=O) groups is 1. The van der Waals surface area contributed by atoms with E-state index < -0.39 is 0 Å². The fourth-order valence-electron chi connectivity index (χ4n) is 2.77. The lowest BCUT2D eigenvalue weighted by molar-refractivity contribution is -0.130. The molecule has 1 saturated heterocycles. The number of carbonyl (C=O) groups excluding carboxylic acids is 1. The summed E-state index contributed by atoms with van der Waals surface area (Å²) in [6.45, 7) is 5.25. The van der Waals surface area contributed by atoms with E-state index in [9.17, 15) is 4.79 Å². The molecule has 0 radical (unpaired) electrons. The van der Waals surface area contributed by atoms with Crippen LogP contribution in [0.1, 0.15) is 30.1 Å². The molecular weight excluding hydrogens is 300 g/mol. The molecule has 2 aromatic rings. The smallest absolute Gasteiger partial charge is 0.236 e. The van der Waals surface area contributed by atoms with E-state index in [1.807, 2.05) is 54.6 Å². The van der Waals surface area contributed by atoms with Crippen LogP contribution < -0.4 is 10.2 Å². The van der Waals surface area contributed by atoms with E-state index in [1.165, 1.54) is 0 Å². The summed E-state index contributed by atoms with van der Waals surface area (Å²) in [6, 6.07) is 17.9. The molecule has 4 heteroatoms. The predicted molar refractivity (Wildman–Crippen MR) is 94.2 cm³/mol. The standard InChI is InChI=1S/C20H22N2O2/c1-2-19(17-9-4-3-5-10-17)24-18-11-6-8-16(14-18)15-21-22-13-7-12-20(22)23/h2-6,8-11,14,19,21H,1,7,12-13,15H2. The zero-order chi connectivity index (χ0) is 16.8. The van der Waals surface area contributed by atoms with Crippen molar-refractivity contribution in [2.24, 2.45) is 0 Å². The summed E-state index contributed by atoms with van der Waals surface area (Å²) in [4.78, 5) is 11.6. The third kappa shape index (κ3) is 4.03. The molecule has 1 amide bonds. The number of hydrogen-bond acceptors (Lipinski definition) is 3. The Morgan fingerprint density at radius 3 is 2.75 bits per heavy atom. The van der Waals surface area contributed by atoms with Gasteiger partial charge >= 0.3 is 0 Å². The number of hydrogen-bond donors (Lipinski definition) is 1. The summed E-state index contributed by atoms with van der Waals surface area (Å²) in [7, 11) is 0. The van der Waals surface area contributed by atoms with Gasteiger partial charge in [0.2, 0.25) is 5.91 Å². The van der Waals surface area contributed by atoms with Gasteiger partial charge in [-0.15, -0.1) is 0 Å². The molecule has 1 fully saturated rings. The lowest BCUT2D eigenvalue weighted by Gasteiger charge is -2.18. The molecule has 1 aliphatic heterocycles. The van der Waals surface area contributed by atoms with Gasteiger partial charge in [0, 0.05) is 19.5 Å². The summed E-state index contributed by atoms with van der Waals surface area (Å²) < 4.78 is 6.06. The Hall–Kier alpha value is -2.59. The van der Waals surface area contributed by atoms with Gasteiger partial charge in [-0.05, 0) is 35.8 Å². The lowest BCUT2D eigenvalue weighted by Crippen LogP contribution is -2.38. The molecule has 1 N–H and O–H groups in total. The molecule has 1 atom stereocenters. The normalized spacial score (nSPS) is 15.3. The minimum Gasteiger partial charge on any atom is -0.482 e. The van der Waals surface area contributed by atoms with Gasteiger partial charge < -0.3 is 4.74 Å². The highest BCUT2D eigenvalue weighted by atomic mass is 16.5. The van der Waals surface area contributed by atoms with Gasteiger partial charge in [0.1, 0.15) is 11.9 Å². The van der Waals surface area contributed by atoms with Crippen LogP contribution in [-0.2, 0) is 11.3 Å². The molecular formula is C20H22N2O2. The second kappa shape index (κ2) is 7.79. The number of nitrogens with one attached hydrogen (secondary N) is 1. The van der Waals surface area contributed by atoms with Gasteiger partial charge in [0.25, 0.3) is 0 Å². The molecule has 1 aliphatic rings. The van der Waals surface area contributed by atoms with Gasteiger partial charge in [-0.1, -0.05) is 49.0 Å². The molecule has 0 spiro atoms. The van der Waals surface area contributed by atoms with Crippen LogP contribution >= 0.6 is 0 Å². The van der Waals surface area contributed by atoms with E-state index in [0.29, 0.717) is 13.0 Å². The number of benzene rings is 2. The van der Waals surface area contributed by atoms with Crippen LogP contribution in [0.25, 0.3) is 0 Å². The maximum atomic E-state index is 11.6. The average Bonchev–Trinajstić information content (AvgIpc) is 3.04. The maximum absolute atomic E-state index is 11.6. The molecule has 0 saturated carbocycles. The topological polar surface area (TPSA) is 41.6 Å². The zero-order valence-electron chi connectivity index (χ0n) is 13.7. The Kier molecular flexibility index (Phi) is 5.29. The molecule has 124 valence electrons. The molecule has 0 aromatic heterocycles. The lowest BCUT2D eigenvalue weighted by atomic mass is 10.1. The van der Waals surface area contributed by atoms with Crippen LogP contribution in [0.2, 0.25) is 0 Å². The van der Waals surface area contributed by atoms with Crippen molar-refractivity contribution in [3.63, 3.8) is 0 Å². The van der Waals surface area contributed by atoms with E-state index in [0.717, 1.165) is 29.8 Å². The summed E-state index contributed by atoms with van der Waals surface area (Å²) in [5.41, 5.74) is 5.32. The molecule has 4 nitrogen and oxygen atoms in total. The number of nitrogens with zero attached hydrogens (tertiary/aromatic N) is 1. The van der Waals surface area contributed by atoms with Crippen LogP contribution in [-0.4, -0.2) is 17.5 Å². The third-order valence-electron chi connectivity index (χ3n) is 4.05. The van der Waals surface area contributed by atoms with Crippen molar-refractivity contribution in [1.82, 2.24) is 10.4 Å². The van der Waals surface area contributed by atoms with E-state index in [-0.39, 0.29) is 12.0 Å². The summed E-state index contributed by atoms with van der Waals surface area (Å²) >= 11 is 0. The summed E-state index contributed by atoms with van der Waals surface area (Å²) in [5.74, 6) is 0.953. The van der Waals surface area contributed by atoms with E-state index >= 15 is 0 Å². The number of amides is 1. The first-order valence-electron chi connectivity index (χ1n) is 8.23. The Balaban J connectivity index is 1.64. The average molecular weight is 322 g/mol. The first-order valence-corrected chi connectivity index (χ1v) is 8.23. The Morgan fingerprint density at radius 2 is 2.04 bits per heavy atom. The van der Waals surface area contributed by atoms with Crippen molar-refractivity contribution in [3.05, 3.63) is 78.4 Å². The highest BCUT2D eigenvalue weighted by Gasteiger charge is 2.19. The molecule has 3 rings (SSSR count). The van der Waals surface area contributed by atoms with E-state index in [2.05, 4.69) is 12.0 Å². The SMILES string of the molecule is C=CC(Oc1cccc(CNN2CCCC2=O)c1)c1ccccc1. The molecule has 0 bridgehead atoms. The number of hydrazine groups is 1. The molecule has 0 aliphatic carbocycles. The molecule has 24 heavy (non-hydrogen) atoms. The second-order valence-corrected chi connectivity index (χ2v) is 5.82. The van der Waals surface area contributed by atoms with Crippen LogP contribution in [0.3, 0.4) is 0 Å². The maximum Gasteiger partial charge on any atom is 0.236 e. The van der Waals surface area contributed by atoms with Crippen molar-refractivity contribution < 1.29 is 9.53 Å².